The van der Waals surface area contributed by atoms with Crippen LogP contribution < -0.4 is 5.73 Å². The summed E-state index contributed by atoms with van der Waals surface area (Å²) >= 11 is 0. The summed E-state index contributed by atoms with van der Waals surface area (Å²) in [6.45, 7) is 4.02. The molecule has 0 aromatic heterocycles. The number of ether oxygens (including phenoxy) is 3. The fourth-order valence-corrected chi connectivity index (χ4v) is 1.73. The van der Waals surface area contributed by atoms with Gasteiger partial charge in [0.25, 0.3) is 0 Å². The van der Waals surface area contributed by atoms with E-state index in [1.54, 1.807) is 6.92 Å². The van der Waals surface area contributed by atoms with E-state index in [-0.39, 0.29) is 12.1 Å². The summed E-state index contributed by atoms with van der Waals surface area (Å²) in [5, 5.41) is 0. The Labute approximate surface area is 103 Å². The first-order valence-electron chi connectivity index (χ1n) is 6.35. The number of esters is 1. The lowest BCUT2D eigenvalue weighted by molar-refractivity contribution is -0.145. The van der Waals surface area contributed by atoms with Crippen molar-refractivity contribution in [3.63, 3.8) is 0 Å². The molecule has 0 saturated carbocycles. The van der Waals surface area contributed by atoms with Crippen LogP contribution in [-0.2, 0) is 19.0 Å². The highest BCUT2D eigenvalue weighted by molar-refractivity contribution is 5.75. The second-order valence-corrected chi connectivity index (χ2v) is 4.21. The summed E-state index contributed by atoms with van der Waals surface area (Å²) in [6.07, 6.45) is 4.11. The van der Waals surface area contributed by atoms with Crippen molar-refractivity contribution in [1.29, 1.82) is 0 Å². The zero-order chi connectivity index (χ0) is 12.5. The molecule has 2 atom stereocenters. The van der Waals surface area contributed by atoms with Crippen LogP contribution in [0, 0.1) is 0 Å². The maximum Gasteiger partial charge on any atom is 0.322 e. The van der Waals surface area contributed by atoms with Crippen molar-refractivity contribution in [2.75, 3.05) is 26.4 Å². The topological polar surface area (TPSA) is 70.8 Å². The van der Waals surface area contributed by atoms with E-state index in [4.69, 9.17) is 19.9 Å². The molecule has 17 heavy (non-hydrogen) atoms. The highest BCUT2D eigenvalue weighted by Crippen LogP contribution is 2.12. The lowest BCUT2D eigenvalue weighted by atomic mass is 10.1. The Bertz CT molecular complexity index is 217. The van der Waals surface area contributed by atoms with Crippen LogP contribution in [0.25, 0.3) is 0 Å². The number of rotatable bonds is 7. The van der Waals surface area contributed by atoms with Gasteiger partial charge in [0, 0.05) is 13.2 Å². The molecule has 0 spiro atoms. The second-order valence-electron chi connectivity index (χ2n) is 4.21. The van der Waals surface area contributed by atoms with E-state index in [1.807, 2.05) is 0 Å². The van der Waals surface area contributed by atoms with E-state index < -0.39 is 6.04 Å². The summed E-state index contributed by atoms with van der Waals surface area (Å²) in [5.74, 6) is -0.356. The van der Waals surface area contributed by atoms with E-state index in [0.29, 0.717) is 26.2 Å². The Hall–Kier alpha value is -0.650. The third kappa shape index (κ3) is 6.00. The number of hydrogen-bond acceptors (Lipinski definition) is 5. The molecule has 0 bridgehead atoms. The lowest BCUT2D eigenvalue weighted by Gasteiger charge is -2.22. The Kier molecular flexibility index (Phi) is 7.16. The molecule has 0 amide bonds. The summed E-state index contributed by atoms with van der Waals surface area (Å²) in [6, 6.07) is -0.581. The molecule has 1 rings (SSSR count). The Morgan fingerprint density at radius 2 is 2.35 bits per heavy atom. The first-order chi connectivity index (χ1) is 8.24. The van der Waals surface area contributed by atoms with Gasteiger partial charge in [-0.15, -0.1) is 0 Å². The maximum absolute atomic E-state index is 11.2. The molecule has 5 nitrogen and oxygen atoms in total. The third-order valence-electron chi connectivity index (χ3n) is 2.74. The van der Waals surface area contributed by atoms with Crippen molar-refractivity contribution in [1.82, 2.24) is 0 Å². The third-order valence-corrected chi connectivity index (χ3v) is 2.74. The second kappa shape index (κ2) is 8.44. The Morgan fingerprint density at radius 1 is 1.53 bits per heavy atom. The maximum atomic E-state index is 11.2. The van der Waals surface area contributed by atoms with E-state index in [0.717, 1.165) is 19.4 Å². The number of carbonyl (C=O) groups excluding carboxylic acids is 1. The fourth-order valence-electron chi connectivity index (χ4n) is 1.73. The highest BCUT2D eigenvalue weighted by Gasteiger charge is 2.16. The van der Waals surface area contributed by atoms with E-state index in [9.17, 15) is 4.79 Å². The highest BCUT2D eigenvalue weighted by atomic mass is 16.5. The van der Waals surface area contributed by atoms with E-state index >= 15 is 0 Å². The lowest BCUT2D eigenvalue weighted by Crippen LogP contribution is -2.34. The van der Waals surface area contributed by atoms with Crippen molar-refractivity contribution in [3.05, 3.63) is 0 Å². The van der Waals surface area contributed by atoms with Gasteiger partial charge in [0.2, 0.25) is 0 Å². The van der Waals surface area contributed by atoms with Gasteiger partial charge in [-0.3, -0.25) is 4.79 Å². The van der Waals surface area contributed by atoms with E-state index in [2.05, 4.69) is 0 Å². The molecular formula is C12H23NO4. The van der Waals surface area contributed by atoms with E-state index in [1.165, 1.54) is 6.42 Å². The van der Waals surface area contributed by atoms with Crippen LogP contribution in [0.4, 0.5) is 0 Å². The molecule has 0 aromatic rings. The summed E-state index contributed by atoms with van der Waals surface area (Å²) < 4.78 is 15.8. The molecule has 1 saturated heterocycles. The van der Waals surface area contributed by atoms with Gasteiger partial charge >= 0.3 is 5.97 Å². The smallest absolute Gasteiger partial charge is 0.322 e. The molecule has 0 aromatic carbocycles. The molecular weight excluding hydrogens is 222 g/mol. The quantitative estimate of drug-likeness (QED) is 0.532. The van der Waals surface area contributed by atoms with Crippen LogP contribution in [0.1, 0.15) is 32.6 Å². The van der Waals surface area contributed by atoms with Crippen LogP contribution >= 0.6 is 0 Å². The first-order valence-corrected chi connectivity index (χ1v) is 6.35. The molecule has 1 fully saturated rings. The average Bonchev–Trinajstić information content (AvgIpc) is 2.36. The molecule has 100 valence electrons. The van der Waals surface area contributed by atoms with Gasteiger partial charge in [0.1, 0.15) is 6.04 Å². The minimum absolute atomic E-state index is 0.211. The molecule has 2 unspecified atom stereocenters. The molecule has 1 aliphatic heterocycles. The zero-order valence-electron chi connectivity index (χ0n) is 10.5. The van der Waals surface area contributed by atoms with Gasteiger partial charge in [0.15, 0.2) is 0 Å². The largest absolute Gasteiger partial charge is 0.465 e. The van der Waals surface area contributed by atoms with Gasteiger partial charge in [-0.25, -0.2) is 0 Å². The molecule has 2 N–H and O–H groups in total. The predicted molar refractivity (Wildman–Crippen MR) is 63.6 cm³/mol. The first kappa shape index (κ1) is 14.4. The van der Waals surface area contributed by atoms with Crippen LogP contribution in [-0.4, -0.2) is 44.5 Å². The summed E-state index contributed by atoms with van der Waals surface area (Å²) in [4.78, 5) is 11.2. The van der Waals surface area contributed by atoms with Gasteiger partial charge in [-0.05, 0) is 32.6 Å². The number of carbonyl (C=O) groups is 1. The standard InChI is InChI=1S/C12H23NO4/c1-2-16-12(14)11(13)6-8-15-9-10-5-3-4-7-17-10/h10-11H,2-9,13H2,1H3. The van der Waals surface area contributed by atoms with Crippen molar-refractivity contribution >= 4 is 5.97 Å². The summed E-state index contributed by atoms with van der Waals surface area (Å²) in [7, 11) is 0. The molecule has 1 heterocycles. The van der Waals surface area contributed by atoms with Gasteiger partial charge in [-0.1, -0.05) is 0 Å². The Balaban J connectivity index is 2.00. The molecule has 1 aliphatic rings. The SMILES string of the molecule is CCOC(=O)C(N)CCOCC1CCCCO1. The zero-order valence-corrected chi connectivity index (χ0v) is 10.5. The van der Waals surface area contributed by atoms with Gasteiger partial charge < -0.3 is 19.9 Å². The van der Waals surface area contributed by atoms with Crippen LogP contribution in [0.15, 0.2) is 0 Å². The van der Waals surface area contributed by atoms with Crippen molar-refractivity contribution in [2.45, 2.75) is 44.8 Å². The van der Waals surface area contributed by atoms with Gasteiger partial charge in [-0.2, -0.15) is 0 Å². The minimum Gasteiger partial charge on any atom is -0.465 e. The average molecular weight is 245 g/mol. The minimum atomic E-state index is -0.581. The molecule has 0 radical (unpaired) electrons. The van der Waals surface area contributed by atoms with Crippen LogP contribution in [0.5, 0.6) is 0 Å². The van der Waals surface area contributed by atoms with Crippen molar-refractivity contribution in [3.8, 4) is 0 Å². The van der Waals surface area contributed by atoms with Crippen LogP contribution in [0.3, 0.4) is 0 Å². The number of nitrogens with two attached hydrogens (primary N) is 1. The molecule has 5 heteroatoms. The number of hydrogen-bond donors (Lipinski definition) is 1. The van der Waals surface area contributed by atoms with Crippen molar-refractivity contribution in [2.24, 2.45) is 5.73 Å². The fraction of sp³-hybridized carbons (Fsp3) is 0.917. The van der Waals surface area contributed by atoms with Crippen LogP contribution in [0.2, 0.25) is 0 Å². The predicted octanol–water partition coefficient (Wildman–Crippen LogP) is 0.853. The Morgan fingerprint density at radius 3 is 3.00 bits per heavy atom. The van der Waals surface area contributed by atoms with Crippen molar-refractivity contribution < 1.29 is 19.0 Å². The molecule has 0 aliphatic carbocycles. The van der Waals surface area contributed by atoms with Gasteiger partial charge in [0.05, 0.1) is 19.3 Å². The monoisotopic (exact) mass is 245 g/mol. The summed E-state index contributed by atoms with van der Waals surface area (Å²) in [5.41, 5.74) is 5.64. The normalized spacial score (nSPS) is 22.1.